The minimum absolute atomic E-state index is 0.0665. The van der Waals surface area contributed by atoms with E-state index in [0.717, 1.165) is 17.1 Å². The molecule has 0 aliphatic carbocycles. The molecule has 1 aromatic carbocycles. The van der Waals surface area contributed by atoms with Crippen LogP contribution in [0.25, 0.3) is 0 Å². The van der Waals surface area contributed by atoms with Crippen LogP contribution in [0, 0.1) is 6.92 Å². The highest BCUT2D eigenvalue weighted by molar-refractivity contribution is 7.99. The lowest BCUT2D eigenvalue weighted by Gasteiger charge is -2.20. The van der Waals surface area contributed by atoms with Crippen molar-refractivity contribution < 1.29 is 14.3 Å². The summed E-state index contributed by atoms with van der Waals surface area (Å²) in [5, 5.41) is 12.4. The molecule has 0 radical (unpaired) electrons. The van der Waals surface area contributed by atoms with Crippen LogP contribution in [0.1, 0.15) is 60.6 Å². The van der Waals surface area contributed by atoms with Crippen LogP contribution in [0.5, 0.6) is 5.75 Å². The molecular formula is C26H34N6O3S2. The second-order valence-corrected chi connectivity index (χ2v) is 11.7. The standard InChI is InChI=1S/C26H34N6O3S2/c1-9-14-32-22(17(3)35-19-12-10-18(11-13-19)26(4,5)6)29-30-25(32)36-15-20(33)28-24-27-16(2)21(37-24)23(34)31(7)8/h9-13,17H,1,14-15H2,2-8H3,(H,27,28,33). The number of rotatable bonds is 10. The summed E-state index contributed by atoms with van der Waals surface area (Å²) >= 11 is 2.42. The van der Waals surface area contributed by atoms with Crippen LogP contribution in [-0.2, 0) is 16.8 Å². The Bertz CT molecular complexity index is 1260. The third-order valence-electron chi connectivity index (χ3n) is 5.43. The Morgan fingerprint density at radius 2 is 1.92 bits per heavy atom. The van der Waals surface area contributed by atoms with Gasteiger partial charge in [0, 0.05) is 20.6 Å². The Balaban J connectivity index is 1.65. The van der Waals surface area contributed by atoms with Gasteiger partial charge in [0.15, 0.2) is 22.2 Å². The topological polar surface area (TPSA) is 102 Å². The van der Waals surface area contributed by atoms with Gasteiger partial charge in [0.05, 0.1) is 11.4 Å². The third-order valence-corrected chi connectivity index (χ3v) is 7.46. The first-order valence-corrected chi connectivity index (χ1v) is 13.6. The smallest absolute Gasteiger partial charge is 0.265 e. The Morgan fingerprint density at radius 1 is 1.24 bits per heavy atom. The third kappa shape index (κ3) is 7.20. The first-order chi connectivity index (χ1) is 17.4. The number of aryl methyl sites for hydroxylation is 1. The number of carbonyl (C=O) groups is 2. The van der Waals surface area contributed by atoms with Gasteiger partial charge in [0.25, 0.3) is 5.91 Å². The quantitative estimate of drug-likeness (QED) is 0.281. The molecular weight excluding hydrogens is 508 g/mol. The first-order valence-electron chi connectivity index (χ1n) is 11.8. The molecule has 2 amide bonds. The zero-order valence-electron chi connectivity index (χ0n) is 22.4. The zero-order chi connectivity index (χ0) is 27.3. The zero-order valence-corrected chi connectivity index (χ0v) is 24.0. The molecule has 0 fully saturated rings. The number of carbonyl (C=O) groups excluding carboxylic acids is 2. The number of nitrogens with zero attached hydrogens (tertiary/aromatic N) is 5. The van der Waals surface area contributed by atoms with Crippen LogP contribution in [0.15, 0.2) is 42.1 Å². The van der Waals surface area contributed by atoms with E-state index in [2.05, 4.69) is 60.0 Å². The number of nitrogens with one attached hydrogen (secondary N) is 1. The number of benzene rings is 1. The Hall–Kier alpha value is -3.18. The number of amides is 2. The molecule has 3 aromatic rings. The number of hydrogen-bond acceptors (Lipinski definition) is 8. The molecule has 1 atom stereocenters. The fourth-order valence-corrected chi connectivity index (χ4v) is 5.19. The van der Waals surface area contributed by atoms with Crippen molar-refractivity contribution in [2.45, 2.75) is 57.8 Å². The second-order valence-electron chi connectivity index (χ2n) is 9.74. The summed E-state index contributed by atoms with van der Waals surface area (Å²) < 4.78 is 8.03. The van der Waals surface area contributed by atoms with Gasteiger partial charge in [0.2, 0.25) is 5.91 Å². The average Bonchev–Trinajstić information content (AvgIpc) is 3.39. The van der Waals surface area contributed by atoms with Gasteiger partial charge < -0.3 is 15.0 Å². The van der Waals surface area contributed by atoms with Crippen LogP contribution in [0.3, 0.4) is 0 Å². The second kappa shape index (κ2) is 11.9. The van der Waals surface area contributed by atoms with E-state index in [1.165, 1.54) is 22.2 Å². The average molecular weight is 543 g/mol. The number of aromatic nitrogens is 4. The highest BCUT2D eigenvalue weighted by Gasteiger charge is 2.22. The van der Waals surface area contributed by atoms with Gasteiger partial charge in [-0.15, -0.1) is 16.8 Å². The van der Waals surface area contributed by atoms with Gasteiger partial charge in [-0.2, -0.15) is 0 Å². The number of anilines is 1. The van der Waals surface area contributed by atoms with E-state index in [4.69, 9.17) is 4.74 Å². The number of thioether (sulfide) groups is 1. The van der Waals surface area contributed by atoms with Crippen LogP contribution >= 0.6 is 23.1 Å². The molecule has 0 spiro atoms. The Kier molecular flexibility index (Phi) is 9.14. The van der Waals surface area contributed by atoms with E-state index in [1.807, 2.05) is 23.6 Å². The number of hydrogen-bond donors (Lipinski definition) is 1. The number of ether oxygens (including phenoxy) is 1. The van der Waals surface area contributed by atoms with Crippen molar-refractivity contribution in [1.29, 1.82) is 0 Å². The molecule has 3 rings (SSSR count). The van der Waals surface area contributed by atoms with Crippen molar-refractivity contribution in [3.05, 3.63) is 58.9 Å². The van der Waals surface area contributed by atoms with Gasteiger partial charge in [-0.05, 0) is 37.0 Å². The molecule has 0 bridgehead atoms. The van der Waals surface area contributed by atoms with E-state index in [1.54, 1.807) is 27.1 Å². The number of thiazole rings is 1. The maximum absolute atomic E-state index is 12.6. The summed E-state index contributed by atoms with van der Waals surface area (Å²) in [6.45, 7) is 14.5. The summed E-state index contributed by atoms with van der Waals surface area (Å²) in [5.74, 6) is 1.10. The molecule has 2 heterocycles. The molecule has 2 aromatic heterocycles. The van der Waals surface area contributed by atoms with E-state index >= 15 is 0 Å². The summed E-state index contributed by atoms with van der Waals surface area (Å²) in [6, 6.07) is 8.06. The summed E-state index contributed by atoms with van der Waals surface area (Å²) in [7, 11) is 3.36. The molecule has 37 heavy (non-hydrogen) atoms. The Morgan fingerprint density at radius 3 is 2.51 bits per heavy atom. The maximum atomic E-state index is 12.6. The molecule has 9 nitrogen and oxygen atoms in total. The van der Waals surface area contributed by atoms with Crippen molar-refractivity contribution in [1.82, 2.24) is 24.6 Å². The van der Waals surface area contributed by atoms with Crippen molar-refractivity contribution in [2.75, 3.05) is 25.2 Å². The van der Waals surface area contributed by atoms with Crippen LogP contribution < -0.4 is 10.1 Å². The van der Waals surface area contributed by atoms with Crippen molar-refractivity contribution in [3.63, 3.8) is 0 Å². The lowest BCUT2D eigenvalue weighted by atomic mass is 9.87. The monoisotopic (exact) mass is 542 g/mol. The van der Waals surface area contributed by atoms with E-state index < -0.39 is 0 Å². The van der Waals surface area contributed by atoms with E-state index in [0.29, 0.717) is 33.2 Å². The molecule has 198 valence electrons. The fourth-order valence-electron chi connectivity index (χ4n) is 3.44. The van der Waals surface area contributed by atoms with Crippen molar-refractivity contribution in [3.8, 4) is 5.75 Å². The summed E-state index contributed by atoms with van der Waals surface area (Å²) in [6.07, 6.45) is 1.39. The van der Waals surface area contributed by atoms with E-state index in [9.17, 15) is 9.59 Å². The molecule has 0 aliphatic rings. The SMILES string of the molecule is C=CCn1c(SCC(=O)Nc2nc(C)c(C(=O)N(C)C)s2)nnc1C(C)Oc1ccc(C(C)(C)C)cc1. The number of allylic oxidation sites excluding steroid dienone is 1. The molecule has 0 saturated carbocycles. The summed E-state index contributed by atoms with van der Waals surface area (Å²) in [4.78, 5) is 31.1. The van der Waals surface area contributed by atoms with E-state index in [-0.39, 0.29) is 29.1 Å². The highest BCUT2D eigenvalue weighted by Crippen LogP contribution is 2.28. The predicted octanol–water partition coefficient (Wildman–Crippen LogP) is 5.10. The fraction of sp³-hybridized carbons (Fsp3) is 0.423. The van der Waals surface area contributed by atoms with Crippen LogP contribution in [-0.4, -0.2) is 56.3 Å². The lowest BCUT2D eigenvalue weighted by molar-refractivity contribution is -0.113. The first kappa shape index (κ1) is 28.4. The van der Waals surface area contributed by atoms with Gasteiger partial charge in [-0.25, -0.2) is 4.98 Å². The predicted molar refractivity (Wildman–Crippen MR) is 149 cm³/mol. The normalized spacial score (nSPS) is 12.2. The molecule has 1 unspecified atom stereocenters. The van der Waals surface area contributed by atoms with Gasteiger partial charge >= 0.3 is 0 Å². The Labute approximate surface area is 226 Å². The largest absolute Gasteiger partial charge is 0.483 e. The maximum Gasteiger partial charge on any atom is 0.265 e. The van der Waals surface area contributed by atoms with Crippen LogP contribution in [0.2, 0.25) is 0 Å². The van der Waals surface area contributed by atoms with Crippen molar-refractivity contribution >= 4 is 40.0 Å². The van der Waals surface area contributed by atoms with Gasteiger partial charge in [0.1, 0.15) is 10.6 Å². The minimum atomic E-state index is -0.359. The molecule has 0 aliphatic heterocycles. The summed E-state index contributed by atoms with van der Waals surface area (Å²) in [5.41, 5.74) is 1.88. The van der Waals surface area contributed by atoms with Gasteiger partial charge in [-0.1, -0.05) is 62.1 Å². The minimum Gasteiger partial charge on any atom is -0.483 e. The lowest BCUT2D eigenvalue weighted by Crippen LogP contribution is -2.21. The molecule has 1 N–H and O–H groups in total. The molecule has 11 heteroatoms. The van der Waals surface area contributed by atoms with Gasteiger partial charge in [-0.3, -0.25) is 14.2 Å². The van der Waals surface area contributed by atoms with Crippen LogP contribution in [0.4, 0.5) is 5.13 Å². The molecule has 0 saturated heterocycles. The highest BCUT2D eigenvalue weighted by atomic mass is 32.2. The van der Waals surface area contributed by atoms with Crippen molar-refractivity contribution in [2.24, 2.45) is 0 Å².